The first kappa shape index (κ1) is 15.7. The van der Waals surface area contributed by atoms with Crippen molar-refractivity contribution in [2.45, 2.75) is 13.0 Å². The number of halogens is 1. The minimum absolute atomic E-state index is 0.168. The van der Waals surface area contributed by atoms with Crippen molar-refractivity contribution in [2.24, 2.45) is 0 Å². The van der Waals surface area contributed by atoms with Crippen LogP contribution in [0.15, 0.2) is 42.5 Å². The Morgan fingerprint density at radius 1 is 0.885 bits per heavy atom. The number of morpholine rings is 1. The van der Waals surface area contributed by atoms with E-state index in [9.17, 15) is 4.39 Å². The highest BCUT2D eigenvalue weighted by Crippen LogP contribution is 2.31. The Kier molecular flexibility index (Phi) is 3.82. The maximum atomic E-state index is 14.1. The van der Waals surface area contributed by atoms with Crippen LogP contribution in [0.4, 0.5) is 15.8 Å². The molecule has 5 heteroatoms. The van der Waals surface area contributed by atoms with Crippen molar-refractivity contribution in [3.8, 4) is 0 Å². The summed E-state index contributed by atoms with van der Waals surface area (Å²) in [6.07, 6.45) is 0.935. The van der Waals surface area contributed by atoms with Gasteiger partial charge in [-0.2, -0.15) is 0 Å². The Hall–Kier alpha value is -2.53. The second-order valence-corrected chi connectivity index (χ2v) is 7.03. The summed E-state index contributed by atoms with van der Waals surface area (Å²) in [4.78, 5) is 8.03. The molecule has 1 N–H and O–H groups in total. The number of ether oxygens (including phenoxy) is 1. The summed E-state index contributed by atoms with van der Waals surface area (Å²) >= 11 is 0. The summed E-state index contributed by atoms with van der Waals surface area (Å²) in [7, 11) is 0. The maximum Gasteiger partial charge on any atom is 0.147 e. The molecule has 3 heterocycles. The van der Waals surface area contributed by atoms with E-state index in [1.807, 2.05) is 6.07 Å². The fourth-order valence-corrected chi connectivity index (χ4v) is 4.14. The third kappa shape index (κ3) is 2.63. The van der Waals surface area contributed by atoms with Gasteiger partial charge >= 0.3 is 0 Å². The maximum absolute atomic E-state index is 14.1. The topological polar surface area (TPSA) is 31.5 Å². The molecule has 2 aliphatic heterocycles. The Bertz CT molecular complexity index is 928. The van der Waals surface area contributed by atoms with Crippen molar-refractivity contribution < 1.29 is 9.13 Å². The number of nitrogens with zero attached hydrogens (tertiary/aromatic N) is 2. The number of fused-ring (bicyclic) bond motifs is 3. The summed E-state index contributed by atoms with van der Waals surface area (Å²) < 4.78 is 19.5. The molecule has 0 bridgehead atoms. The average molecular weight is 351 g/mol. The van der Waals surface area contributed by atoms with Gasteiger partial charge in [-0.15, -0.1) is 0 Å². The van der Waals surface area contributed by atoms with E-state index < -0.39 is 0 Å². The van der Waals surface area contributed by atoms with Gasteiger partial charge in [0.2, 0.25) is 0 Å². The quantitative estimate of drug-likeness (QED) is 0.764. The van der Waals surface area contributed by atoms with E-state index in [2.05, 4.69) is 39.0 Å². The lowest BCUT2D eigenvalue weighted by Crippen LogP contribution is -2.36. The van der Waals surface area contributed by atoms with Gasteiger partial charge in [0, 0.05) is 42.1 Å². The minimum atomic E-state index is -0.168. The zero-order valence-electron chi connectivity index (χ0n) is 14.7. The van der Waals surface area contributed by atoms with Crippen LogP contribution in [-0.4, -0.2) is 37.8 Å². The highest BCUT2D eigenvalue weighted by atomic mass is 19.1. The van der Waals surface area contributed by atoms with Crippen molar-refractivity contribution in [1.82, 2.24) is 4.98 Å². The van der Waals surface area contributed by atoms with Crippen LogP contribution in [-0.2, 0) is 17.7 Å². The number of anilines is 2. The summed E-state index contributed by atoms with van der Waals surface area (Å²) in [6.45, 7) is 5.25. The summed E-state index contributed by atoms with van der Waals surface area (Å²) in [5.41, 5.74) is 5.51. The van der Waals surface area contributed by atoms with Gasteiger partial charge in [-0.25, -0.2) is 4.39 Å². The van der Waals surface area contributed by atoms with Crippen LogP contribution in [0, 0.1) is 5.82 Å². The molecule has 0 aliphatic carbocycles. The lowest BCUT2D eigenvalue weighted by atomic mass is 10.0. The number of hydrogen-bond acceptors (Lipinski definition) is 3. The number of H-pyrrole nitrogens is 1. The van der Waals surface area contributed by atoms with E-state index in [1.165, 1.54) is 23.0 Å². The predicted molar refractivity (Wildman–Crippen MR) is 102 cm³/mol. The smallest absolute Gasteiger partial charge is 0.147 e. The molecule has 26 heavy (non-hydrogen) atoms. The van der Waals surface area contributed by atoms with E-state index in [1.54, 1.807) is 6.07 Å². The number of benzene rings is 2. The standard InChI is InChI=1S/C21H22FN3O/c22-19-3-1-2-18-17-8-9-25(14-20(17)23-21(18)19)16-6-4-15(5-7-16)24-10-12-26-13-11-24/h1-7,23H,8-14H2. The third-order valence-corrected chi connectivity index (χ3v) is 5.55. The number of aromatic nitrogens is 1. The molecule has 0 unspecified atom stereocenters. The molecule has 4 nitrogen and oxygen atoms in total. The Labute approximate surface area is 152 Å². The van der Waals surface area contributed by atoms with E-state index in [0.29, 0.717) is 5.52 Å². The molecule has 0 radical (unpaired) electrons. The van der Waals surface area contributed by atoms with Gasteiger partial charge in [0.15, 0.2) is 0 Å². The van der Waals surface area contributed by atoms with Crippen molar-refractivity contribution in [3.63, 3.8) is 0 Å². The Morgan fingerprint density at radius 3 is 2.38 bits per heavy atom. The molecule has 0 spiro atoms. The molecule has 0 saturated carbocycles. The Morgan fingerprint density at radius 2 is 1.62 bits per heavy atom. The first-order valence-corrected chi connectivity index (χ1v) is 9.25. The third-order valence-electron chi connectivity index (χ3n) is 5.55. The van der Waals surface area contributed by atoms with Crippen LogP contribution in [0.2, 0.25) is 0 Å². The van der Waals surface area contributed by atoms with Gasteiger partial charge in [-0.3, -0.25) is 0 Å². The van der Waals surface area contributed by atoms with Gasteiger partial charge in [0.05, 0.1) is 25.3 Å². The molecule has 134 valence electrons. The molecule has 3 aromatic rings. The molecule has 2 aliphatic rings. The van der Waals surface area contributed by atoms with Gasteiger partial charge in [0.25, 0.3) is 0 Å². The SMILES string of the molecule is Fc1cccc2c3c([nH]c12)CN(c1ccc(N2CCOCC2)cc1)CC3. The van der Waals surface area contributed by atoms with Crippen molar-refractivity contribution >= 4 is 22.3 Å². The van der Waals surface area contributed by atoms with E-state index >= 15 is 0 Å². The molecular formula is C21H22FN3O. The summed E-state index contributed by atoms with van der Waals surface area (Å²) in [6, 6.07) is 14.1. The fourth-order valence-electron chi connectivity index (χ4n) is 4.14. The van der Waals surface area contributed by atoms with E-state index in [4.69, 9.17) is 4.74 Å². The monoisotopic (exact) mass is 351 g/mol. The molecule has 1 saturated heterocycles. The normalized spacial score (nSPS) is 17.6. The van der Waals surface area contributed by atoms with E-state index in [0.717, 1.165) is 56.9 Å². The van der Waals surface area contributed by atoms with Gasteiger partial charge in [0.1, 0.15) is 5.82 Å². The van der Waals surface area contributed by atoms with Crippen LogP contribution in [0.1, 0.15) is 11.3 Å². The molecule has 0 amide bonds. The average Bonchev–Trinajstić information content (AvgIpc) is 3.08. The molecule has 1 aromatic heterocycles. The largest absolute Gasteiger partial charge is 0.378 e. The number of aromatic amines is 1. The number of nitrogens with one attached hydrogen (secondary N) is 1. The van der Waals surface area contributed by atoms with Crippen molar-refractivity contribution in [1.29, 1.82) is 0 Å². The molecule has 1 fully saturated rings. The number of para-hydroxylation sites is 1. The second kappa shape index (κ2) is 6.32. The number of rotatable bonds is 2. The second-order valence-electron chi connectivity index (χ2n) is 7.03. The highest BCUT2D eigenvalue weighted by Gasteiger charge is 2.22. The van der Waals surface area contributed by atoms with Crippen LogP contribution in [0.3, 0.4) is 0 Å². The zero-order chi connectivity index (χ0) is 17.5. The van der Waals surface area contributed by atoms with Crippen molar-refractivity contribution in [2.75, 3.05) is 42.6 Å². The lowest BCUT2D eigenvalue weighted by molar-refractivity contribution is 0.122. The lowest BCUT2D eigenvalue weighted by Gasteiger charge is -2.31. The molecule has 0 atom stereocenters. The zero-order valence-corrected chi connectivity index (χ0v) is 14.7. The summed E-state index contributed by atoms with van der Waals surface area (Å²) in [5, 5.41) is 1.03. The molecule has 2 aromatic carbocycles. The molecular weight excluding hydrogens is 329 g/mol. The van der Waals surface area contributed by atoms with Gasteiger partial charge in [-0.05, 0) is 42.3 Å². The first-order valence-electron chi connectivity index (χ1n) is 9.25. The summed E-state index contributed by atoms with van der Waals surface area (Å²) in [5.74, 6) is -0.168. The van der Waals surface area contributed by atoms with Gasteiger partial charge in [-0.1, -0.05) is 12.1 Å². The van der Waals surface area contributed by atoms with Crippen LogP contribution in [0.5, 0.6) is 0 Å². The number of hydrogen-bond donors (Lipinski definition) is 1. The highest BCUT2D eigenvalue weighted by molar-refractivity contribution is 5.85. The molecule has 5 rings (SSSR count). The van der Waals surface area contributed by atoms with Gasteiger partial charge < -0.3 is 19.5 Å². The van der Waals surface area contributed by atoms with E-state index in [-0.39, 0.29) is 5.82 Å². The van der Waals surface area contributed by atoms with Crippen LogP contribution in [0.25, 0.3) is 10.9 Å². The van der Waals surface area contributed by atoms with Crippen LogP contribution < -0.4 is 9.80 Å². The predicted octanol–water partition coefficient (Wildman–Crippen LogP) is 3.71. The van der Waals surface area contributed by atoms with Crippen LogP contribution >= 0.6 is 0 Å². The minimum Gasteiger partial charge on any atom is -0.378 e. The first-order chi connectivity index (χ1) is 12.8. The van der Waals surface area contributed by atoms with Crippen molar-refractivity contribution in [3.05, 3.63) is 59.5 Å². The Balaban J connectivity index is 1.39. The fraction of sp³-hybridized carbons (Fsp3) is 0.333.